The summed E-state index contributed by atoms with van der Waals surface area (Å²) in [4.78, 5) is 11.7. The molecule has 0 fully saturated rings. The van der Waals surface area contributed by atoms with Gasteiger partial charge in [-0.25, -0.2) is 4.39 Å². The van der Waals surface area contributed by atoms with E-state index in [-0.39, 0.29) is 30.4 Å². The molecule has 1 rings (SSSR count). The molecule has 120 valence electrons. The molecule has 1 aromatic carbocycles. The van der Waals surface area contributed by atoms with Gasteiger partial charge in [-0.3, -0.25) is 4.79 Å². The molecule has 8 heteroatoms. The van der Waals surface area contributed by atoms with Crippen LogP contribution in [0.2, 0.25) is 0 Å². The first-order chi connectivity index (χ1) is 9.24. The lowest BCUT2D eigenvalue weighted by atomic mass is 10.1. The zero-order valence-electron chi connectivity index (χ0n) is 11.6. The van der Waals surface area contributed by atoms with Gasteiger partial charge in [-0.15, -0.1) is 12.4 Å². The van der Waals surface area contributed by atoms with Crippen molar-refractivity contribution in [3.05, 3.63) is 35.1 Å². The van der Waals surface area contributed by atoms with Gasteiger partial charge in [0.15, 0.2) is 0 Å². The number of carbonyl (C=O) groups is 1. The van der Waals surface area contributed by atoms with Gasteiger partial charge in [-0.1, -0.05) is 6.92 Å². The number of hydrogen-bond acceptors (Lipinski definition) is 2. The van der Waals surface area contributed by atoms with Crippen LogP contribution in [0.15, 0.2) is 18.2 Å². The van der Waals surface area contributed by atoms with Crippen LogP contribution in [-0.4, -0.2) is 26.0 Å². The normalized spacial score (nSPS) is 12.5. The predicted octanol–water partition coefficient (Wildman–Crippen LogP) is 2.85. The number of alkyl halides is 3. The van der Waals surface area contributed by atoms with Gasteiger partial charge in [0, 0.05) is 12.1 Å². The van der Waals surface area contributed by atoms with Crippen molar-refractivity contribution in [1.82, 2.24) is 10.6 Å². The molecule has 0 bridgehead atoms. The number of nitrogens with one attached hydrogen (secondary N) is 2. The number of benzene rings is 1. The molecule has 0 spiro atoms. The average Bonchev–Trinajstić information content (AvgIpc) is 2.34. The van der Waals surface area contributed by atoms with Crippen LogP contribution in [0.1, 0.15) is 22.8 Å². The number of hydrogen-bond donors (Lipinski definition) is 2. The molecular formula is C13H17ClF4N2O. The smallest absolute Gasteiger partial charge is 0.352 e. The van der Waals surface area contributed by atoms with E-state index in [0.717, 1.165) is 6.07 Å². The van der Waals surface area contributed by atoms with E-state index in [0.29, 0.717) is 18.7 Å². The summed E-state index contributed by atoms with van der Waals surface area (Å²) in [7, 11) is 1.75. The maximum absolute atomic E-state index is 13.1. The van der Waals surface area contributed by atoms with Crippen LogP contribution in [0.4, 0.5) is 17.6 Å². The fourth-order valence-electron chi connectivity index (χ4n) is 1.67. The van der Waals surface area contributed by atoms with Gasteiger partial charge in [0.1, 0.15) is 5.82 Å². The van der Waals surface area contributed by atoms with Crippen molar-refractivity contribution in [2.75, 3.05) is 20.1 Å². The standard InChI is InChI=1S/C13H16F4N2O.ClH/c1-8(6-18-2)7-19-12(20)9-3-10(13(15,16)17)5-11(14)4-9;/h3-5,8,18H,6-7H2,1-2H3,(H,19,20);1H. The van der Waals surface area contributed by atoms with Gasteiger partial charge in [0.2, 0.25) is 0 Å². The van der Waals surface area contributed by atoms with E-state index in [1.807, 2.05) is 6.92 Å². The molecule has 0 aliphatic rings. The van der Waals surface area contributed by atoms with E-state index in [1.165, 1.54) is 0 Å². The first kappa shape index (κ1) is 19.7. The first-order valence-electron chi connectivity index (χ1n) is 6.04. The van der Waals surface area contributed by atoms with E-state index in [9.17, 15) is 22.4 Å². The van der Waals surface area contributed by atoms with Crippen LogP contribution in [0.25, 0.3) is 0 Å². The molecule has 0 saturated carbocycles. The Labute approximate surface area is 126 Å². The van der Waals surface area contributed by atoms with Crippen LogP contribution >= 0.6 is 12.4 Å². The Morgan fingerprint density at radius 1 is 1.24 bits per heavy atom. The largest absolute Gasteiger partial charge is 0.416 e. The summed E-state index contributed by atoms with van der Waals surface area (Å²) < 4.78 is 50.7. The van der Waals surface area contributed by atoms with Crippen LogP contribution in [0, 0.1) is 11.7 Å². The third kappa shape index (κ3) is 6.31. The lowest BCUT2D eigenvalue weighted by Gasteiger charge is -2.13. The van der Waals surface area contributed by atoms with E-state index >= 15 is 0 Å². The maximum atomic E-state index is 13.1. The third-order valence-corrected chi connectivity index (χ3v) is 2.65. The second kappa shape index (κ2) is 8.19. The quantitative estimate of drug-likeness (QED) is 0.816. The summed E-state index contributed by atoms with van der Waals surface area (Å²) >= 11 is 0. The molecule has 1 unspecified atom stereocenters. The first-order valence-corrected chi connectivity index (χ1v) is 6.04. The molecule has 0 heterocycles. The van der Waals surface area contributed by atoms with Gasteiger partial charge < -0.3 is 10.6 Å². The molecule has 1 amide bonds. The molecule has 0 aliphatic heterocycles. The Kier molecular flexibility index (Phi) is 7.67. The van der Waals surface area contributed by atoms with Gasteiger partial charge in [-0.2, -0.15) is 13.2 Å². The highest BCUT2D eigenvalue weighted by Gasteiger charge is 2.31. The van der Waals surface area contributed by atoms with Crippen molar-refractivity contribution in [2.45, 2.75) is 13.1 Å². The summed E-state index contributed by atoms with van der Waals surface area (Å²) in [6.45, 7) is 2.80. The van der Waals surface area contributed by atoms with Crippen molar-refractivity contribution < 1.29 is 22.4 Å². The summed E-state index contributed by atoms with van der Waals surface area (Å²) in [5, 5.41) is 5.39. The fraction of sp³-hybridized carbons (Fsp3) is 0.462. The number of halogens is 5. The zero-order chi connectivity index (χ0) is 15.3. The summed E-state index contributed by atoms with van der Waals surface area (Å²) in [5.74, 6) is -1.70. The Balaban J connectivity index is 0.00000400. The van der Waals surface area contributed by atoms with Gasteiger partial charge in [0.25, 0.3) is 5.91 Å². The molecular weight excluding hydrogens is 312 g/mol. The van der Waals surface area contributed by atoms with Crippen LogP contribution in [0.5, 0.6) is 0 Å². The van der Waals surface area contributed by atoms with Crippen molar-refractivity contribution in [2.24, 2.45) is 5.92 Å². The van der Waals surface area contributed by atoms with Crippen molar-refractivity contribution in [3.63, 3.8) is 0 Å². The molecule has 21 heavy (non-hydrogen) atoms. The number of rotatable bonds is 5. The molecule has 3 nitrogen and oxygen atoms in total. The molecule has 1 aromatic rings. The minimum Gasteiger partial charge on any atom is -0.352 e. The van der Waals surface area contributed by atoms with E-state index in [1.54, 1.807) is 7.05 Å². The van der Waals surface area contributed by atoms with Crippen molar-refractivity contribution in [1.29, 1.82) is 0 Å². The number of carbonyl (C=O) groups excluding carboxylic acids is 1. The highest BCUT2D eigenvalue weighted by Crippen LogP contribution is 2.30. The second-order valence-corrected chi connectivity index (χ2v) is 4.60. The van der Waals surface area contributed by atoms with E-state index in [4.69, 9.17) is 0 Å². The molecule has 0 aliphatic carbocycles. The monoisotopic (exact) mass is 328 g/mol. The summed E-state index contributed by atoms with van der Waals surface area (Å²) in [5.41, 5.74) is -1.51. The molecule has 0 aromatic heterocycles. The highest BCUT2D eigenvalue weighted by molar-refractivity contribution is 5.94. The van der Waals surface area contributed by atoms with Crippen molar-refractivity contribution in [3.8, 4) is 0 Å². The van der Waals surface area contributed by atoms with E-state index < -0.39 is 23.5 Å². The number of amides is 1. The molecule has 0 radical (unpaired) electrons. The van der Waals surface area contributed by atoms with Crippen LogP contribution in [0.3, 0.4) is 0 Å². The Morgan fingerprint density at radius 3 is 2.38 bits per heavy atom. The molecule has 0 saturated heterocycles. The van der Waals surface area contributed by atoms with Crippen molar-refractivity contribution >= 4 is 18.3 Å². The summed E-state index contributed by atoms with van der Waals surface area (Å²) in [6, 6.07) is 1.79. The minimum absolute atomic E-state index is 0. The van der Waals surface area contributed by atoms with Gasteiger partial charge in [0.05, 0.1) is 5.56 Å². The van der Waals surface area contributed by atoms with E-state index in [2.05, 4.69) is 10.6 Å². The molecule has 1 atom stereocenters. The average molecular weight is 329 g/mol. The highest BCUT2D eigenvalue weighted by atomic mass is 35.5. The summed E-state index contributed by atoms with van der Waals surface area (Å²) in [6.07, 6.45) is -4.68. The Morgan fingerprint density at radius 2 is 1.86 bits per heavy atom. The predicted molar refractivity (Wildman–Crippen MR) is 74.1 cm³/mol. The Bertz CT molecular complexity index is 480. The Hall–Kier alpha value is -1.34. The SMILES string of the molecule is CNCC(C)CNC(=O)c1cc(F)cc(C(F)(F)F)c1.Cl. The van der Waals surface area contributed by atoms with Gasteiger partial charge in [-0.05, 0) is 37.7 Å². The zero-order valence-corrected chi connectivity index (χ0v) is 12.4. The maximum Gasteiger partial charge on any atom is 0.416 e. The molecule has 2 N–H and O–H groups in total. The minimum atomic E-state index is -4.68. The van der Waals surface area contributed by atoms with Crippen LogP contribution in [-0.2, 0) is 6.18 Å². The van der Waals surface area contributed by atoms with Crippen LogP contribution < -0.4 is 10.6 Å². The fourth-order valence-corrected chi connectivity index (χ4v) is 1.67. The third-order valence-electron chi connectivity index (χ3n) is 2.65. The second-order valence-electron chi connectivity index (χ2n) is 4.60. The topological polar surface area (TPSA) is 41.1 Å². The lowest BCUT2D eigenvalue weighted by molar-refractivity contribution is -0.137. The van der Waals surface area contributed by atoms with Gasteiger partial charge >= 0.3 is 6.18 Å². The lowest BCUT2D eigenvalue weighted by Crippen LogP contribution is -2.32.